The average molecular weight is 346 g/mol. The van der Waals surface area contributed by atoms with E-state index in [0.29, 0.717) is 6.54 Å². The molecule has 0 fully saturated rings. The van der Waals surface area contributed by atoms with E-state index in [1.165, 1.54) is 23.0 Å². The van der Waals surface area contributed by atoms with Crippen LogP contribution in [0, 0.1) is 0 Å². The normalized spacial score (nSPS) is 11.5. The lowest BCUT2D eigenvalue weighted by atomic mass is 10.1. The molecule has 0 amide bonds. The molecule has 0 aliphatic heterocycles. The standard InChI is InChI=1S/C18H13F3N2O2/c19-18(20,21)14-8-4-7-13(9-14)16-15(17(24)25)11-23(22-16)10-12-5-2-1-3-6-12/h1-9,11H,10H2,(H,24,25). The lowest BCUT2D eigenvalue weighted by Gasteiger charge is -2.08. The van der Waals surface area contributed by atoms with Crippen LogP contribution in [0.15, 0.2) is 60.8 Å². The van der Waals surface area contributed by atoms with E-state index in [9.17, 15) is 23.1 Å². The summed E-state index contributed by atoms with van der Waals surface area (Å²) < 4.78 is 40.1. The number of carboxylic acid groups (broad SMARTS) is 1. The Kier molecular flexibility index (Phi) is 4.31. The molecule has 0 bridgehead atoms. The van der Waals surface area contributed by atoms with Gasteiger partial charge in [-0.05, 0) is 17.7 Å². The van der Waals surface area contributed by atoms with Crippen LogP contribution in [-0.4, -0.2) is 20.9 Å². The van der Waals surface area contributed by atoms with Gasteiger partial charge in [-0.15, -0.1) is 0 Å². The maximum absolute atomic E-state index is 12.9. The molecular weight excluding hydrogens is 333 g/mol. The number of nitrogens with zero attached hydrogens (tertiary/aromatic N) is 2. The van der Waals surface area contributed by atoms with E-state index >= 15 is 0 Å². The highest BCUT2D eigenvalue weighted by Gasteiger charge is 2.31. The van der Waals surface area contributed by atoms with Crippen LogP contribution in [0.1, 0.15) is 21.5 Å². The molecule has 128 valence electrons. The van der Waals surface area contributed by atoms with Crippen molar-refractivity contribution >= 4 is 5.97 Å². The predicted octanol–water partition coefficient (Wildman–Crippen LogP) is 4.32. The van der Waals surface area contributed by atoms with Gasteiger partial charge in [-0.1, -0.05) is 42.5 Å². The number of benzene rings is 2. The monoisotopic (exact) mass is 346 g/mol. The molecule has 2 aromatic carbocycles. The lowest BCUT2D eigenvalue weighted by molar-refractivity contribution is -0.137. The molecule has 0 spiro atoms. The summed E-state index contributed by atoms with van der Waals surface area (Å²) in [5.74, 6) is -1.24. The molecule has 4 nitrogen and oxygen atoms in total. The molecule has 0 unspecified atom stereocenters. The number of carboxylic acids is 1. The van der Waals surface area contributed by atoms with Crippen LogP contribution in [0.25, 0.3) is 11.3 Å². The van der Waals surface area contributed by atoms with Crippen LogP contribution in [-0.2, 0) is 12.7 Å². The minimum Gasteiger partial charge on any atom is -0.478 e. The van der Waals surface area contributed by atoms with Gasteiger partial charge in [0.2, 0.25) is 0 Å². The van der Waals surface area contributed by atoms with E-state index < -0.39 is 17.7 Å². The third kappa shape index (κ3) is 3.71. The minimum atomic E-state index is -4.51. The second-order valence-electron chi connectivity index (χ2n) is 5.46. The highest BCUT2D eigenvalue weighted by Crippen LogP contribution is 2.32. The van der Waals surface area contributed by atoms with Crippen LogP contribution in [0.2, 0.25) is 0 Å². The summed E-state index contributed by atoms with van der Waals surface area (Å²) in [6.07, 6.45) is -3.18. The first-order chi connectivity index (χ1) is 11.8. The van der Waals surface area contributed by atoms with Crippen LogP contribution < -0.4 is 0 Å². The summed E-state index contributed by atoms with van der Waals surface area (Å²) in [5, 5.41) is 13.5. The number of halogens is 3. The number of alkyl halides is 3. The number of hydrogen-bond donors (Lipinski definition) is 1. The molecule has 7 heteroatoms. The van der Waals surface area contributed by atoms with E-state index in [1.54, 1.807) is 0 Å². The fourth-order valence-electron chi connectivity index (χ4n) is 2.49. The van der Waals surface area contributed by atoms with E-state index in [0.717, 1.165) is 17.7 Å². The molecule has 3 aromatic rings. The summed E-state index contributed by atoms with van der Waals surface area (Å²) in [6, 6.07) is 13.7. The first kappa shape index (κ1) is 16.8. The zero-order chi connectivity index (χ0) is 18.0. The molecular formula is C18H13F3N2O2. The quantitative estimate of drug-likeness (QED) is 0.766. The largest absolute Gasteiger partial charge is 0.478 e. The van der Waals surface area contributed by atoms with Crippen molar-refractivity contribution in [1.82, 2.24) is 9.78 Å². The number of rotatable bonds is 4. The molecule has 25 heavy (non-hydrogen) atoms. The fraction of sp³-hybridized carbons (Fsp3) is 0.111. The van der Waals surface area contributed by atoms with Crippen LogP contribution in [0.5, 0.6) is 0 Å². The average Bonchev–Trinajstić information content (AvgIpc) is 2.99. The molecule has 0 aliphatic carbocycles. The molecule has 0 atom stereocenters. The summed E-state index contributed by atoms with van der Waals surface area (Å²) in [4.78, 5) is 11.5. The third-order valence-corrected chi connectivity index (χ3v) is 3.64. The number of aromatic carboxylic acids is 1. The molecule has 0 saturated heterocycles. The van der Waals surface area contributed by atoms with Crippen molar-refractivity contribution in [1.29, 1.82) is 0 Å². The van der Waals surface area contributed by atoms with Gasteiger partial charge < -0.3 is 5.11 Å². The van der Waals surface area contributed by atoms with Crippen molar-refractivity contribution < 1.29 is 23.1 Å². The van der Waals surface area contributed by atoms with Crippen LogP contribution >= 0.6 is 0 Å². The van der Waals surface area contributed by atoms with E-state index in [1.807, 2.05) is 30.3 Å². The number of carbonyl (C=O) groups is 1. The van der Waals surface area contributed by atoms with Crippen molar-refractivity contribution in [2.75, 3.05) is 0 Å². The molecule has 1 heterocycles. The van der Waals surface area contributed by atoms with Gasteiger partial charge in [-0.25, -0.2) is 4.79 Å². The molecule has 0 saturated carbocycles. The van der Waals surface area contributed by atoms with Gasteiger partial charge in [-0.3, -0.25) is 4.68 Å². The molecule has 0 aliphatic rings. The topological polar surface area (TPSA) is 55.1 Å². The maximum Gasteiger partial charge on any atom is 0.416 e. The Hall–Kier alpha value is -3.09. The Bertz CT molecular complexity index is 902. The van der Waals surface area contributed by atoms with Gasteiger partial charge in [0, 0.05) is 11.8 Å². The Morgan fingerprint density at radius 1 is 1.08 bits per heavy atom. The second-order valence-corrected chi connectivity index (χ2v) is 5.46. The first-order valence-electron chi connectivity index (χ1n) is 7.37. The van der Waals surface area contributed by atoms with E-state index in [2.05, 4.69) is 5.10 Å². The zero-order valence-corrected chi connectivity index (χ0v) is 12.9. The summed E-state index contributed by atoms with van der Waals surface area (Å²) >= 11 is 0. The zero-order valence-electron chi connectivity index (χ0n) is 12.9. The van der Waals surface area contributed by atoms with E-state index in [-0.39, 0.29) is 16.8 Å². The second kappa shape index (κ2) is 6.43. The van der Waals surface area contributed by atoms with Crippen molar-refractivity contribution in [3.8, 4) is 11.3 Å². The SMILES string of the molecule is O=C(O)c1cn(Cc2ccccc2)nc1-c1cccc(C(F)(F)F)c1. The van der Waals surface area contributed by atoms with Gasteiger partial charge in [-0.2, -0.15) is 18.3 Å². The Labute approximate surface area is 141 Å². The van der Waals surface area contributed by atoms with Crippen molar-refractivity contribution in [3.63, 3.8) is 0 Å². The van der Waals surface area contributed by atoms with Gasteiger partial charge in [0.15, 0.2) is 0 Å². The summed E-state index contributed by atoms with van der Waals surface area (Å²) in [5.41, 5.74) is 0.0281. The van der Waals surface area contributed by atoms with Gasteiger partial charge in [0.05, 0.1) is 12.1 Å². The number of hydrogen-bond acceptors (Lipinski definition) is 2. The van der Waals surface area contributed by atoms with E-state index in [4.69, 9.17) is 0 Å². The molecule has 0 radical (unpaired) electrons. The Morgan fingerprint density at radius 2 is 1.80 bits per heavy atom. The van der Waals surface area contributed by atoms with Gasteiger partial charge >= 0.3 is 12.1 Å². The van der Waals surface area contributed by atoms with Crippen molar-refractivity contribution in [2.45, 2.75) is 12.7 Å². The van der Waals surface area contributed by atoms with Crippen molar-refractivity contribution in [2.24, 2.45) is 0 Å². The number of aromatic nitrogens is 2. The summed E-state index contributed by atoms with van der Waals surface area (Å²) in [7, 11) is 0. The summed E-state index contributed by atoms with van der Waals surface area (Å²) in [6.45, 7) is 0.320. The Balaban J connectivity index is 2.02. The van der Waals surface area contributed by atoms with Crippen molar-refractivity contribution in [3.05, 3.63) is 77.5 Å². The smallest absolute Gasteiger partial charge is 0.416 e. The lowest BCUT2D eigenvalue weighted by Crippen LogP contribution is -2.05. The van der Waals surface area contributed by atoms with Gasteiger partial charge in [0.25, 0.3) is 0 Å². The minimum absolute atomic E-state index is 0.00883. The highest BCUT2D eigenvalue weighted by molar-refractivity contribution is 5.94. The van der Waals surface area contributed by atoms with Crippen LogP contribution in [0.3, 0.4) is 0 Å². The highest BCUT2D eigenvalue weighted by atomic mass is 19.4. The van der Waals surface area contributed by atoms with Gasteiger partial charge in [0.1, 0.15) is 11.3 Å². The first-order valence-corrected chi connectivity index (χ1v) is 7.37. The van der Waals surface area contributed by atoms with Crippen LogP contribution in [0.4, 0.5) is 13.2 Å². The predicted molar refractivity (Wildman–Crippen MR) is 85.2 cm³/mol. The molecule has 1 aromatic heterocycles. The molecule has 3 rings (SSSR count). The maximum atomic E-state index is 12.9. The Morgan fingerprint density at radius 3 is 2.44 bits per heavy atom. The third-order valence-electron chi connectivity index (χ3n) is 3.64. The molecule has 1 N–H and O–H groups in total. The fourth-order valence-corrected chi connectivity index (χ4v) is 2.49.